The van der Waals surface area contributed by atoms with Crippen molar-refractivity contribution < 1.29 is 18.7 Å². The summed E-state index contributed by atoms with van der Waals surface area (Å²) in [5.74, 6) is -1.35. The third-order valence-electron chi connectivity index (χ3n) is 4.08. The molecule has 2 aromatic rings. The number of hydrogen-bond donors (Lipinski definition) is 1. The molecule has 0 saturated carbocycles. The Kier molecular flexibility index (Phi) is 6.33. The fraction of sp³-hybridized carbons (Fsp3) is 0.300. The number of hydrogen-bond acceptors (Lipinski definition) is 4. The number of amides is 1. The second-order valence-electron chi connectivity index (χ2n) is 6.14. The van der Waals surface area contributed by atoms with Gasteiger partial charge < -0.3 is 15.4 Å². The molecule has 2 aromatic carbocycles. The van der Waals surface area contributed by atoms with Gasteiger partial charge in [-0.1, -0.05) is 25.1 Å². The zero-order chi connectivity index (χ0) is 19.3. The van der Waals surface area contributed by atoms with Crippen molar-refractivity contribution in [3.05, 3.63) is 65.0 Å². The van der Waals surface area contributed by atoms with E-state index in [1.54, 1.807) is 37.4 Å². The Morgan fingerprint density at radius 3 is 2.58 bits per heavy atom. The predicted octanol–water partition coefficient (Wildman–Crippen LogP) is 3.17. The zero-order valence-corrected chi connectivity index (χ0v) is 15.2. The number of halogens is 1. The van der Waals surface area contributed by atoms with E-state index in [1.165, 1.54) is 24.0 Å². The monoisotopic (exact) mass is 358 g/mol. The average molecular weight is 358 g/mol. The summed E-state index contributed by atoms with van der Waals surface area (Å²) in [5.41, 5.74) is 8.31. The van der Waals surface area contributed by atoms with Gasteiger partial charge in [-0.05, 0) is 48.7 Å². The molecule has 0 spiro atoms. The lowest BCUT2D eigenvalue weighted by atomic mass is 10.1. The van der Waals surface area contributed by atoms with Crippen molar-refractivity contribution >= 4 is 17.6 Å². The van der Waals surface area contributed by atoms with Crippen molar-refractivity contribution in [3.63, 3.8) is 0 Å². The van der Waals surface area contributed by atoms with Gasteiger partial charge >= 0.3 is 5.97 Å². The summed E-state index contributed by atoms with van der Waals surface area (Å²) in [5, 5.41) is 0. The highest BCUT2D eigenvalue weighted by molar-refractivity contribution is 5.93. The van der Waals surface area contributed by atoms with Gasteiger partial charge in [0.25, 0.3) is 5.91 Å². The molecule has 1 amide bonds. The summed E-state index contributed by atoms with van der Waals surface area (Å²) in [7, 11) is 1.58. The molecular weight excluding hydrogens is 335 g/mol. The predicted molar refractivity (Wildman–Crippen MR) is 98.0 cm³/mol. The van der Waals surface area contributed by atoms with Crippen LogP contribution in [0.15, 0.2) is 42.5 Å². The van der Waals surface area contributed by atoms with E-state index < -0.39 is 12.1 Å². The first-order valence-electron chi connectivity index (χ1n) is 8.40. The number of anilines is 1. The maximum atomic E-state index is 13.2. The number of nitrogens with zero attached hydrogens (tertiary/aromatic N) is 1. The van der Waals surface area contributed by atoms with Crippen LogP contribution in [0, 0.1) is 5.82 Å². The third kappa shape index (κ3) is 4.81. The lowest BCUT2D eigenvalue weighted by Crippen LogP contribution is -2.37. The Balaban J connectivity index is 1.99. The molecule has 138 valence electrons. The van der Waals surface area contributed by atoms with Gasteiger partial charge in [0.15, 0.2) is 6.10 Å². The molecule has 1 atom stereocenters. The van der Waals surface area contributed by atoms with Crippen molar-refractivity contribution in [2.24, 2.45) is 0 Å². The minimum Gasteiger partial charge on any atom is -0.449 e. The van der Waals surface area contributed by atoms with Crippen LogP contribution >= 0.6 is 0 Å². The summed E-state index contributed by atoms with van der Waals surface area (Å²) in [6.45, 7) is 3.70. The highest BCUT2D eigenvalue weighted by Crippen LogP contribution is 2.16. The van der Waals surface area contributed by atoms with E-state index in [2.05, 4.69) is 0 Å². The second kappa shape index (κ2) is 8.47. The van der Waals surface area contributed by atoms with Crippen LogP contribution in [0.3, 0.4) is 0 Å². The minimum atomic E-state index is -0.965. The van der Waals surface area contributed by atoms with E-state index in [-0.39, 0.29) is 18.3 Å². The zero-order valence-electron chi connectivity index (χ0n) is 15.2. The standard InChI is InChI=1S/C20H23FN2O3/c1-4-15-8-9-16(11-18(15)22)20(25)26-13(2)19(24)23(3)12-14-6-5-7-17(21)10-14/h5-11,13H,4,12,22H2,1-3H3. The number of nitrogens with two attached hydrogens (primary N) is 1. The Morgan fingerprint density at radius 1 is 1.23 bits per heavy atom. The SMILES string of the molecule is CCc1ccc(C(=O)OC(C)C(=O)N(C)Cc2cccc(F)c2)cc1N. The topological polar surface area (TPSA) is 72.6 Å². The molecule has 0 radical (unpaired) electrons. The van der Waals surface area contributed by atoms with E-state index in [0.29, 0.717) is 16.8 Å². The molecule has 0 aromatic heterocycles. The first-order chi connectivity index (χ1) is 12.3. The molecule has 1 unspecified atom stereocenters. The number of aryl methyl sites for hydroxylation is 1. The number of ether oxygens (including phenoxy) is 1. The Labute approximate surface area is 152 Å². The van der Waals surface area contributed by atoms with Crippen molar-refractivity contribution in [1.29, 1.82) is 0 Å². The minimum absolute atomic E-state index is 0.219. The number of rotatable bonds is 6. The Bertz CT molecular complexity index is 807. The molecule has 26 heavy (non-hydrogen) atoms. The molecule has 0 aliphatic rings. The lowest BCUT2D eigenvalue weighted by molar-refractivity contribution is -0.139. The molecule has 2 rings (SSSR count). The van der Waals surface area contributed by atoms with Crippen molar-refractivity contribution in [1.82, 2.24) is 4.90 Å². The first-order valence-corrected chi connectivity index (χ1v) is 8.40. The molecule has 0 fully saturated rings. The molecule has 5 nitrogen and oxygen atoms in total. The van der Waals surface area contributed by atoms with Gasteiger partial charge in [0.1, 0.15) is 5.82 Å². The van der Waals surface area contributed by atoms with Crippen LogP contribution in [0.1, 0.15) is 35.3 Å². The Hall–Kier alpha value is -2.89. The number of esters is 1. The number of carbonyl (C=O) groups excluding carboxylic acids is 2. The van der Waals surface area contributed by atoms with Gasteiger partial charge in [0.2, 0.25) is 0 Å². The van der Waals surface area contributed by atoms with Crippen LogP contribution in [0.25, 0.3) is 0 Å². The summed E-state index contributed by atoms with van der Waals surface area (Å²) < 4.78 is 18.5. The van der Waals surface area contributed by atoms with Crippen LogP contribution in [0.2, 0.25) is 0 Å². The number of likely N-dealkylation sites (N-methyl/N-ethyl adjacent to an activating group) is 1. The van der Waals surface area contributed by atoms with E-state index in [0.717, 1.165) is 12.0 Å². The second-order valence-corrected chi connectivity index (χ2v) is 6.14. The van der Waals surface area contributed by atoms with Crippen LogP contribution < -0.4 is 5.73 Å². The van der Waals surface area contributed by atoms with Crippen molar-refractivity contribution in [3.8, 4) is 0 Å². The molecule has 0 heterocycles. The molecule has 0 bridgehead atoms. The van der Waals surface area contributed by atoms with E-state index >= 15 is 0 Å². The molecule has 2 N–H and O–H groups in total. The quantitative estimate of drug-likeness (QED) is 0.636. The highest BCUT2D eigenvalue weighted by Gasteiger charge is 2.22. The maximum absolute atomic E-state index is 13.2. The summed E-state index contributed by atoms with van der Waals surface area (Å²) in [4.78, 5) is 26.0. The molecule has 0 aliphatic heterocycles. The van der Waals surface area contributed by atoms with Crippen LogP contribution in [-0.2, 0) is 22.5 Å². The normalized spacial score (nSPS) is 11.7. The van der Waals surface area contributed by atoms with Gasteiger partial charge in [0, 0.05) is 19.3 Å². The van der Waals surface area contributed by atoms with Crippen LogP contribution in [0.5, 0.6) is 0 Å². The molecule has 0 aliphatic carbocycles. The van der Waals surface area contributed by atoms with E-state index in [4.69, 9.17) is 10.5 Å². The van der Waals surface area contributed by atoms with Crippen LogP contribution in [0.4, 0.5) is 10.1 Å². The van der Waals surface area contributed by atoms with Crippen molar-refractivity contribution in [2.45, 2.75) is 32.9 Å². The van der Waals surface area contributed by atoms with E-state index in [1.807, 2.05) is 6.92 Å². The third-order valence-corrected chi connectivity index (χ3v) is 4.08. The van der Waals surface area contributed by atoms with Crippen LogP contribution in [-0.4, -0.2) is 29.9 Å². The Morgan fingerprint density at radius 2 is 1.96 bits per heavy atom. The summed E-state index contributed by atoms with van der Waals surface area (Å²) in [6, 6.07) is 11.0. The van der Waals surface area contributed by atoms with Gasteiger partial charge in [-0.2, -0.15) is 0 Å². The fourth-order valence-corrected chi connectivity index (χ4v) is 2.62. The first kappa shape index (κ1) is 19.4. The fourth-order valence-electron chi connectivity index (χ4n) is 2.62. The number of benzene rings is 2. The number of nitrogen functional groups attached to an aromatic ring is 1. The summed E-state index contributed by atoms with van der Waals surface area (Å²) >= 11 is 0. The van der Waals surface area contributed by atoms with Crippen molar-refractivity contribution in [2.75, 3.05) is 12.8 Å². The molecule has 6 heteroatoms. The largest absolute Gasteiger partial charge is 0.449 e. The molecule has 0 saturated heterocycles. The average Bonchev–Trinajstić information content (AvgIpc) is 2.60. The summed E-state index contributed by atoms with van der Waals surface area (Å²) in [6.07, 6.45) is -0.200. The van der Waals surface area contributed by atoms with E-state index in [9.17, 15) is 14.0 Å². The van der Waals surface area contributed by atoms with Gasteiger partial charge in [0.05, 0.1) is 5.56 Å². The van der Waals surface area contributed by atoms with Gasteiger partial charge in [-0.15, -0.1) is 0 Å². The lowest BCUT2D eigenvalue weighted by Gasteiger charge is -2.21. The smallest absolute Gasteiger partial charge is 0.338 e. The van der Waals surface area contributed by atoms with Gasteiger partial charge in [-0.25, -0.2) is 9.18 Å². The highest BCUT2D eigenvalue weighted by atomic mass is 19.1. The van der Waals surface area contributed by atoms with Gasteiger partial charge in [-0.3, -0.25) is 4.79 Å². The number of carbonyl (C=O) groups is 2. The molecular formula is C20H23FN2O3. The maximum Gasteiger partial charge on any atom is 0.338 e.